The topological polar surface area (TPSA) is 224 Å². The zero-order valence-electron chi connectivity index (χ0n) is 40.8. The number of nitriles is 1. The van der Waals surface area contributed by atoms with Crippen LogP contribution in [0.1, 0.15) is 118 Å². The summed E-state index contributed by atoms with van der Waals surface area (Å²) < 4.78 is 25.7. The molecule has 71 heavy (non-hydrogen) atoms. The molecule has 2 unspecified atom stereocenters. The summed E-state index contributed by atoms with van der Waals surface area (Å²) in [6.07, 6.45) is 7.45. The average Bonchev–Trinajstić information content (AvgIpc) is 3.75. The van der Waals surface area contributed by atoms with E-state index in [-0.39, 0.29) is 70.4 Å². The Morgan fingerprint density at radius 1 is 1.04 bits per heavy atom. The van der Waals surface area contributed by atoms with Crippen molar-refractivity contribution < 1.29 is 28.6 Å². The molecule has 5 aromatic heterocycles. The number of ether oxygens (including phenoxy) is 1. The van der Waals surface area contributed by atoms with Crippen LogP contribution in [0, 0.1) is 29.5 Å². The van der Waals surface area contributed by atoms with Crippen LogP contribution in [0.2, 0.25) is 5.28 Å². The standard InChI is InChI=1S/C41H38ClFN10O4.C10H20N2O2/c1-23-33-35(48-37(42)47-23)53(27-15-41(16-27)21-50(22-41)39(56)57-40(2,3)4)38(55)52(33)26-9-10-31(46-18-26)36(54)49-13-11-28-29-6-5-12-45-34(29)51(32(28)20-49)19-25-8-7-24(17-44)14-30(25)43;1-3-5-10(2)7-8(11)4-6-12(10)9(13)14/h5-10,12,14,18,27H,11,13,15-16,19-22H2,1-4H3;8H,3-7,11H2,1-2H3,(H,13,14). The number of likely N-dealkylation sites (tertiary alicyclic amines) is 2. The number of imidazole rings is 1. The number of halogens is 2. The number of rotatable bonds is 7. The second kappa shape index (κ2) is 18.7. The Kier molecular flexibility index (Phi) is 12.9. The van der Waals surface area contributed by atoms with E-state index in [0.29, 0.717) is 79.2 Å². The van der Waals surface area contributed by atoms with Crippen LogP contribution >= 0.6 is 11.6 Å². The van der Waals surface area contributed by atoms with Crippen LogP contribution in [-0.2, 0) is 24.2 Å². The molecule has 0 bridgehead atoms. The van der Waals surface area contributed by atoms with Gasteiger partial charge in [0.05, 0.1) is 42.3 Å². The van der Waals surface area contributed by atoms with Crippen molar-refractivity contribution in [1.82, 2.24) is 48.3 Å². The first kappa shape index (κ1) is 49.1. The molecule has 372 valence electrons. The minimum atomic E-state index is -0.812. The van der Waals surface area contributed by atoms with E-state index >= 15 is 4.39 Å². The fourth-order valence-electron chi connectivity index (χ4n) is 11.2. The molecular formula is C51H58ClFN12O6. The summed E-state index contributed by atoms with van der Waals surface area (Å²) in [7, 11) is 0. The highest BCUT2D eigenvalue weighted by Crippen LogP contribution is 2.54. The van der Waals surface area contributed by atoms with Gasteiger partial charge in [-0.05, 0) is 127 Å². The number of pyridine rings is 2. The summed E-state index contributed by atoms with van der Waals surface area (Å²) in [5.74, 6) is -0.773. The molecule has 10 rings (SSSR count). The molecule has 3 amide bonds. The second-order valence-electron chi connectivity index (χ2n) is 20.8. The van der Waals surface area contributed by atoms with Gasteiger partial charge in [-0.1, -0.05) is 19.4 Å². The number of piperidine rings is 1. The van der Waals surface area contributed by atoms with Gasteiger partial charge in [0.25, 0.3) is 5.91 Å². The van der Waals surface area contributed by atoms with Crippen LogP contribution < -0.4 is 11.4 Å². The second-order valence-corrected chi connectivity index (χ2v) is 21.1. The van der Waals surface area contributed by atoms with Crippen LogP contribution in [0.3, 0.4) is 0 Å². The molecule has 1 spiro atoms. The van der Waals surface area contributed by atoms with Crippen molar-refractivity contribution in [3.05, 3.63) is 110 Å². The van der Waals surface area contributed by atoms with Crippen molar-refractivity contribution in [1.29, 1.82) is 5.26 Å². The number of carbonyl (C=O) groups excluding carboxylic acids is 2. The van der Waals surface area contributed by atoms with Crippen molar-refractivity contribution in [2.75, 3.05) is 26.2 Å². The highest BCUT2D eigenvalue weighted by molar-refractivity contribution is 6.28. The molecule has 20 heteroatoms. The van der Waals surface area contributed by atoms with E-state index in [1.807, 2.05) is 50.5 Å². The number of hydrogen-bond donors (Lipinski definition) is 2. The van der Waals surface area contributed by atoms with Crippen LogP contribution in [0.25, 0.3) is 27.9 Å². The monoisotopic (exact) mass is 988 g/mol. The van der Waals surface area contributed by atoms with Gasteiger partial charge in [-0.3, -0.25) is 13.9 Å². The van der Waals surface area contributed by atoms with Crippen molar-refractivity contribution in [3.63, 3.8) is 0 Å². The van der Waals surface area contributed by atoms with Gasteiger partial charge in [-0.2, -0.15) is 10.2 Å². The Morgan fingerprint density at radius 3 is 2.46 bits per heavy atom. The Hall–Kier alpha value is -6.91. The van der Waals surface area contributed by atoms with Crippen LogP contribution in [-0.4, -0.2) is 115 Å². The van der Waals surface area contributed by atoms with Gasteiger partial charge in [0.1, 0.15) is 28.3 Å². The molecule has 1 aromatic carbocycles. The van der Waals surface area contributed by atoms with Gasteiger partial charge in [0.15, 0.2) is 5.65 Å². The first-order valence-electron chi connectivity index (χ1n) is 24.0. The Balaban J connectivity index is 0.000000386. The van der Waals surface area contributed by atoms with Crippen molar-refractivity contribution in [2.45, 2.75) is 123 Å². The smallest absolute Gasteiger partial charge is 0.410 e. The van der Waals surface area contributed by atoms with E-state index in [1.54, 1.807) is 56.7 Å². The molecular weight excluding hydrogens is 931 g/mol. The SMILES string of the molecule is CCCC1(C)CC(N)CCN1C(=O)O.Cc1nc(Cl)nc2c1n(-c1ccc(C(=O)N3CCc4c(n(Cc5ccc(C#N)cc5F)c5ncccc45)C3)nc1)c(=O)n2C1CC2(C1)CN(C(=O)OC(C)(C)C)C2. The number of benzene rings is 1. The van der Waals surface area contributed by atoms with Crippen LogP contribution in [0.5, 0.6) is 0 Å². The molecule has 6 aromatic rings. The summed E-state index contributed by atoms with van der Waals surface area (Å²) in [5, 5.41) is 19.3. The van der Waals surface area contributed by atoms with Crippen molar-refractivity contribution in [3.8, 4) is 11.8 Å². The van der Waals surface area contributed by atoms with Crippen LogP contribution in [0.4, 0.5) is 14.0 Å². The molecule has 8 heterocycles. The highest BCUT2D eigenvalue weighted by atomic mass is 35.5. The molecule has 4 aliphatic rings. The Bertz CT molecular complexity index is 3180. The molecule has 3 fully saturated rings. The van der Waals surface area contributed by atoms with E-state index in [1.165, 1.54) is 16.8 Å². The zero-order valence-corrected chi connectivity index (χ0v) is 41.5. The summed E-state index contributed by atoms with van der Waals surface area (Å²) in [6, 6.07) is 13.5. The van der Waals surface area contributed by atoms with E-state index in [0.717, 1.165) is 42.3 Å². The minimum Gasteiger partial charge on any atom is -0.465 e. The van der Waals surface area contributed by atoms with E-state index in [2.05, 4.69) is 26.9 Å². The number of carbonyl (C=O) groups is 3. The van der Waals surface area contributed by atoms with Crippen molar-refractivity contribution >= 4 is 51.9 Å². The predicted molar refractivity (Wildman–Crippen MR) is 263 cm³/mol. The van der Waals surface area contributed by atoms with Gasteiger partial charge in [0, 0.05) is 72.1 Å². The van der Waals surface area contributed by atoms with E-state index < -0.39 is 17.5 Å². The number of aromatic nitrogens is 7. The third kappa shape index (κ3) is 9.30. The highest BCUT2D eigenvalue weighted by Gasteiger charge is 2.56. The summed E-state index contributed by atoms with van der Waals surface area (Å²) in [5.41, 5.74) is 9.97. The van der Waals surface area contributed by atoms with Crippen molar-refractivity contribution in [2.24, 2.45) is 11.1 Å². The number of aryl methyl sites for hydroxylation is 1. The Morgan fingerprint density at radius 2 is 1.80 bits per heavy atom. The maximum absolute atomic E-state index is 15.1. The molecule has 3 N–H and O–H groups in total. The molecule has 2 saturated heterocycles. The minimum absolute atomic E-state index is 0.0281. The lowest BCUT2D eigenvalue weighted by atomic mass is 9.60. The normalized spacial score (nSPS) is 19.7. The summed E-state index contributed by atoms with van der Waals surface area (Å²) in [4.78, 5) is 74.9. The molecule has 2 atom stereocenters. The molecule has 1 saturated carbocycles. The number of hydrogen-bond acceptors (Lipinski definition) is 11. The predicted octanol–water partition coefficient (Wildman–Crippen LogP) is 7.76. The molecule has 0 radical (unpaired) electrons. The van der Waals surface area contributed by atoms with Gasteiger partial charge in [-0.15, -0.1) is 0 Å². The number of fused-ring (bicyclic) bond motifs is 4. The fourth-order valence-corrected chi connectivity index (χ4v) is 11.4. The van der Waals surface area contributed by atoms with E-state index in [9.17, 15) is 24.4 Å². The molecule has 3 aliphatic heterocycles. The summed E-state index contributed by atoms with van der Waals surface area (Å²) in [6.45, 7) is 13.9. The first-order chi connectivity index (χ1) is 33.7. The third-order valence-corrected chi connectivity index (χ3v) is 14.6. The van der Waals surface area contributed by atoms with Gasteiger partial charge >= 0.3 is 17.9 Å². The van der Waals surface area contributed by atoms with Gasteiger partial charge in [-0.25, -0.2) is 33.7 Å². The lowest BCUT2D eigenvalue weighted by Crippen LogP contribution is -2.64. The fraction of sp³-hybridized carbons (Fsp3) is 0.471. The largest absolute Gasteiger partial charge is 0.465 e. The third-order valence-electron chi connectivity index (χ3n) is 14.4. The van der Waals surface area contributed by atoms with Gasteiger partial charge in [0.2, 0.25) is 5.28 Å². The maximum Gasteiger partial charge on any atom is 0.410 e. The molecule has 1 aliphatic carbocycles. The summed E-state index contributed by atoms with van der Waals surface area (Å²) >= 11 is 6.33. The van der Waals surface area contributed by atoms with E-state index in [4.69, 9.17) is 27.2 Å². The first-order valence-corrected chi connectivity index (χ1v) is 24.4. The molecule has 18 nitrogen and oxygen atoms in total. The average molecular weight is 990 g/mol. The number of carboxylic acid groups (broad SMARTS) is 1. The number of amides is 3. The van der Waals surface area contributed by atoms with Gasteiger partial charge < -0.3 is 34.8 Å². The number of nitrogens with zero attached hydrogens (tertiary/aromatic N) is 11. The maximum atomic E-state index is 15.1. The Labute approximate surface area is 414 Å². The lowest BCUT2D eigenvalue weighted by Gasteiger charge is -2.58. The quantitative estimate of drug-likeness (QED) is 0.146. The van der Waals surface area contributed by atoms with Crippen LogP contribution in [0.15, 0.2) is 59.7 Å². The lowest BCUT2D eigenvalue weighted by molar-refractivity contribution is -0.0906. The zero-order chi connectivity index (χ0) is 50.7. The number of nitrogens with two attached hydrogens (primary N) is 1.